The number of halogens is 1. The zero-order valence-corrected chi connectivity index (χ0v) is 14.3. The van der Waals surface area contributed by atoms with Crippen molar-refractivity contribution in [3.8, 4) is 0 Å². The molecule has 0 bridgehead atoms. The highest BCUT2D eigenvalue weighted by atomic mass is 35.5. The van der Waals surface area contributed by atoms with Crippen LogP contribution in [-0.2, 0) is 0 Å². The van der Waals surface area contributed by atoms with E-state index in [-0.39, 0.29) is 0 Å². The van der Waals surface area contributed by atoms with Crippen molar-refractivity contribution in [1.29, 1.82) is 0 Å². The smallest absolute Gasteiger partial charge is 0.274 e. The third-order valence-electron chi connectivity index (χ3n) is 4.17. The minimum absolute atomic E-state index is 0.361. The molecule has 0 radical (unpaired) electrons. The summed E-state index contributed by atoms with van der Waals surface area (Å²) in [5.41, 5.74) is 7.09. The van der Waals surface area contributed by atoms with Gasteiger partial charge in [0.25, 0.3) is 5.91 Å². The molecule has 1 aliphatic heterocycles. The molecule has 128 valence electrons. The number of anilines is 2. The summed E-state index contributed by atoms with van der Waals surface area (Å²) in [5, 5.41) is 12.8. The van der Waals surface area contributed by atoms with E-state index in [4.69, 9.17) is 21.8 Å². The van der Waals surface area contributed by atoms with E-state index in [1.54, 1.807) is 29.7 Å². The Morgan fingerprint density at radius 1 is 1.00 bits per heavy atom. The predicted octanol–water partition coefficient (Wildman–Crippen LogP) is 4.69. The van der Waals surface area contributed by atoms with Crippen molar-refractivity contribution in [2.45, 2.75) is 0 Å². The Bertz CT molecular complexity index is 1030. The van der Waals surface area contributed by atoms with E-state index in [0.717, 1.165) is 33.9 Å². The number of amides is 1. The monoisotopic (exact) mass is 363 g/mol. The van der Waals surface area contributed by atoms with Crippen LogP contribution >= 0.6 is 11.6 Å². The van der Waals surface area contributed by atoms with Gasteiger partial charge < -0.3 is 5.32 Å². The lowest BCUT2D eigenvalue weighted by Crippen LogP contribution is -2.18. The van der Waals surface area contributed by atoms with Crippen molar-refractivity contribution in [1.82, 2.24) is 5.48 Å². The highest BCUT2D eigenvalue weighted by Gasteiger charge is 2.18. The molecule has 4 rings (SSSR count). The second kappa shape index (κ2) is 6.63. The summed E-state index contributed by atoms with van der Waals surface area (Å²) in [5.74, 6) is -0.557. The first-order valence-corrected chi connectivity index (χ1v) is 8.33. The molecule has 0 unspecified atom stereocenters. The minimum atomic E-state index is -0.557. The van der Waals surface area contributed by atoms with Gasteiger partial charge in [0.15, 0.2) is 0 Å². The molecule has 0 spiro atoms. The molecular weight excluding hydrogens is 350 g/mol. The largest absolute Gasteiger partial charge is 0.353 e. The molecule has 1 heterocycles. The van der Waals surface area contributed by atoms with Crippen LogP contribution < -0.4 is 10.8 Å². The van der Waals surface area contributed by atoms with Gasteiger partial charge in [0.05, 0.1) is 17.1 Å². The lowest BCUT2D eigenvalue weighted by Gasteiger charge is -2.11. The normalized spacial score (nSPS) is 12.2. The number of fused-ring (bicyclic) bond motifs is 2. The van der Waals surface area contributed by atoms with E-state index in [9.17, 15) is 4.79 Å². The topological polar surface area (TPSA) is 73.7 Å². The van der Waals surface area contributed by atoms with Gasteiger partial charge in [0, 0.05) is 27.4 Å². The van der Waals surface area contributed by atoms with Crippen LogP contribution in [0.4, 0.5) is 17.1 Å². The van der Waals surface area contributed by atoms with Crippen LogP contribution in [0.25, 0.3) is 0 Å². The number of nitrogens with zero attached hydrogens (tertiary/aromatic N) is 1. The Labute approximate surface area is 154 Å². The van der Waals surface area contributed by atoms with E-state index in [1.807, 2.05) is 42.5 Å². The van der Waals surface area contributed by atoms with E-state index < -0.39 is 5.91 Å². The van der Waals surface area contributed by atoms with Crippen molar-refractivity contribution < 1.29 is 10.0 Å². The summed E-state index contributed by atoms with van der Waals surface area (Å²) in [6.45, 7) is 0. The Kier molecular flexibility index (Phi) is 4.16. The van der Waals surface area contributed by atoms with Gasteiger partial charge in [-0.15, -0.1) is 0 Å². The number of hydrogen-bond acceptors (Lipinski definition) is 4. The minimum Gasteiger partial charge on any atom is -0.353 e. The Morgan fingerprint density at radius 2 is 1.77 bits per heavy atom. The van der Waals surface area contributed by atoms with Gasteiger partial charge in [-0.25, -0.2) is 10.5 Å². The number of benzene rings is 3. The fourth-order valence-electron chi connectivity index (χ4n) is 2.89. The standard InChI is InChI=1S/C20H14ClN3O2/c21-14-9-10-17-18(11-14)23-19(15-3-1-2-4-16(15)22-17)12-5-7-13(8-6-12)20(25)24-26/h1-11,22,26H,(H,24,25). The molecule has 3 N–H and O–H groups in total. The quantitative estimate of drug-likeness (QED) is 0.357. The van der Waals surface area contributed by atoms with Crippen LogP contribution in [0, 0.1) is 0 Å². The summed E-state index contributed by atoms with van der Waals surface area (Å²) in [7, 11) is 0. The highest BCUT2D eigenvalue weighted by molar-refractivity contribution is 6.31. The van der Waals surface area contributed by atoms with Gasteiger partial charge in [0.2, 0.25) is 0 Å². The third-order valence-corrected chi connectivity index (χ3v) is 4.40. The highest BCUT2D eigenvalue weighted by Crippen LogP contribution is 2.37. The second-order valence-electron chi connectivity index (χ2n) is 5.81. The summed E-state index contributed by atoms with van der Waals surface area (Å²) in [6, 6.07) is 20.3. The molecule has 0 fully saturated rings. The second-order valence-corrected chi connectivity index (χ2v) is 6.25. The SMILES string of the molecule is O=C(NO)c1ccc(C2=Nc3cc(Cl)ccc3Nc3ccccc32)cc1. The number of nitrogens with one attached hydrogen (secondary N) is 2. The van der Waals surface area contributed by atoms with Crippen LogP contribution in [0.15, 0.2) is 71.7 Å². The number of hydroxylamine groups is 1. The fourth-order valence-corrected chi connectivity index (χ4v) is 3.06. The summed E-state index contributed by atoms with van der Waals surface area (Å²) >= 11 is 6.14. The number of rotatable bonds is 2. The maximum atomic E-state index is 11.5. The van der Waals surface area contributed by atoms with Gasteiger partial charge in [-0.2, -0.15) is 0 Å². The molecule has 0 saturated carbocycles. The molecule has 0 aliphatic carbocycles. The number of carbonyl (C=O) groups is 1. The van der Waals surface area contributed by atoms with E-state index in [1.165, 1.54) is 0 Å². The van der Waals surface area contributed by atoms with E-state index >= 15 is 0 Å². The van der Waals surface area contributed by atoms with E-state index in [2.05, 4.69) is 5.32 Å². The van der Waals surface area contributed by atoms with Crippen LogP contribution in [0.2, 0.25) is 5.02 Å². The summed E-state index contributed by atoms with van der Waals surface area (Å²) in [6.07, 6.45) is 0. The Morgan fingerprint density at radius 3 is 2.54 bits per heavy atom. The maximum absolute atomic E-state index is 11.5. The van der Waals surface area contributed by atoms with Crippen LogP contribution in [0.3, 0.4) is 0 Å². The molecule has 3 aromatic rings. The van der Waals surface area contributed by atoms with Crippen molar-refractivity contribution in [3.05, 3.63) is 88.4 Å². The van der Waals surface area contributed by atoms with Crippen molar-refractivity contribution >= 4 is 40.3 Å². The number of aliphatic imine (C=N–C) groups is 1. The molecule has 1 amide bonds. The number of carbonyl (C=O) groups excluding carboxylic acids is 1. The number of para-hydroxylation sites is 1. The first kappa shape index (κ1) is 16.3. The average molecular weight is 364 g/mol. The summed E-state index contributed by atoms with van der Waals surface area (Å²) < 4.78 is 0. The Hall–Kier alpha value is -3.15. The van der Waals surface area contributed by atoms with E-state index in [0.29, 0.717) is 10.6 Å². The summed E-state index contributed by atoms with van der Waals surface area (Å²) in [4.78, 5) is 16.4. The van der Waals surface area contributed by atoms with Crippen molar-refractivity contribution in [2.24, 2.45) is 4.99 Å². The molecule has 1 aliphatic rings. The van der Waals surface area contributed by atoms with Gasteiger partial charge in [0.1, 0.15) is 0 Å². The van der Waals surface area contributed by atoms with Gasteiger partial charge in [-0.3, -0.25) is 10.0 Å². The molecule has 0 saturated heterocycles. The molecule has 5 nitrogen and oxygen atoms in total. The molecule has 3 aromatic carbocycles. The third kappa shape index (κ3) is 2.94. The molecule has 0 atom stereocenters. The van der Waals surface area contributed by atoms with Gasteiger partial charge in [-0.05, 0) is 36.4 Å². The molecule has 0 aromatic heterocycles. The van der Waals surface area contributed by atoms with Crippen LogP contribution in [0.5, 0.6) is 0 Å². The number of hydrogen-bond donors (Lipinski definition) is 3. The zero-order chi connectivity index (χ0) is 18.1. The van der Waals surface area contributed by atoms with Crippen molar-refractivity contribution in [3.63, 3.8) is 0 Å². The zero-order valence-electron chi connectivity index (χ0n) is 13.5. The lowest BCUT2D eigenvalue weighted by molar-refractivity contribution is 0.0706. The molecule has 26 heavy (non-hydrogen) atoms. The van der Waals surface area contributed by atoms with Gasteiger partial charge in [-0.1, -0.05) is 41.9 Å². The molecular formula is C20H14ClN3O2. The van der Waals surface area contributed by atoms with Crippen molar-refractivity contribution in [2.75, 3.05) is 5.32 Å². The Balaban J connectivity index is 1.88. The van der Waals surface area contributed by atoms with Gasteiger partial charge >= 0.3 is 0 Å². The lowest BCUT2D eigenvalue weighted by atomic mass is 9.99. The van der Waals surface area contributed by atoms with Crippen LogP contribution in [0.1, 0.15) is 21.5 Å². The average Bonchev–Trinajstić information content (AvgIpc) is 2.84. The molecule has 6 heteroatoms. The first-order chi connectivity index (χ1) is 12.7. The van der Waals surface area contributed by atoms with Crippen LogP contribution in [-0.4, -0.2) is 16.8 Å². The fraction of sp³-hybridized carbons (Fsp3) is 0. The predicted molar refractivity (Wildman–Crippen MR) is 102 cm³/mol. The first-order valence-electron chi connectivity index (χ1n) is 7.95. The maximum Gasteiger partial charge on any atom is 0.274 e.